The van der Waals surface area contributed by atoms with E-state index >= 15 is 0 Å². The summed E-state index contributed by atoms with van der Waals surface area (Å²) in [6.07, 6.45) is 9.83. The summed E-state index contributed by atoms with van der Waals surface area (Å²) in [5.41, 5.74) is 5.95. The summed E-state index contributed by atoms with van der Waals surface area (Å²) in [6.45, 7) is 1.59. The van der Waals surface area contributed by atoms with Gasteiger partial charge in [-0.15, -0.1) is 0 Å². The fourth-order valence-electron chi connectivity index (χ4n) is 6.20. The normalized spacial score (nSPS) is 22.8. The molecular formula is C27H30Br2ClN3O2. The van der Waals surface area contributed by atoms with Crippen molar-refractivity contribution in [2.45, 2.75) is 63.7 Å². The first-order valence-corrected chi connectivity index (χ1v) is 14.5. The highest BCUT2D eigenvalue weighted by Crippen LogP contribution is 2.46. The first-order chi connectivity index (χ1) is 16.9. The Bertz CT molecular complexity index is 1140. The van der Waals surface area contributed by atoms with Crippen molar-refractivity contribution in [3.05, 3.63) is 60.7 Å². The predicted octanol–water partition coefficient (Wildman–Crippen LogP) is 7.14. The molecule has 2 aliphatic carbocycles. The second-order valence-electron chi connectivity index (χ2n) is 10.2. The molecule has 1 aliphatic heterocycles. The number of halogens is 3. The highest BCUT2D eigenvalue weighted by molar-refractivity contribution is 9.10. The van der Waals surface area contributed by atoms with Crippen LogP contribution in [0.2, 0.25) is 5.02 Å². The van der Waals surface area contributed by atoms with Crippen molar-refractivity contribution < 1.29 is 10.0 Å². The van der Waals surface area contributed by atoms with Crippen LogP contribution >= 0.6 is 43.5 Å². The van der Waals surface area contributed by atoms with Crippen LogP contribution in [0.4, 0.5) is 0 Å². The third-order valence-corrected chi connectivity index (χ3v) is 9.38. The van der Waals surface area contributed by atoms with E-state index in [0.717, 1.165) is 84.1 Å². The summed E-state index contributed by atoms with van der Waals surface area (Å²) in [5, 5.41) is 13.1. The van der Waals surface area contributed by atoms with Crippen LogP contribution < -0.4 is 0 Å². The molecule has 1 N–H and O–H groups in total. The van der Waals surface area contributed by atoms with Gasteiger partial charge in [0.2, 0.25) is 5.91 Å². The van der Waals surface area contributed by atoms with E-state index in [1.807, 2.05) is 12.3 Å². The van der Waals surface area contributed by atoms with Gasteiger partial charge in [0.05, 0.1) is 11.4 Å². The van der Waals surface area contributed by atoms with E-state index in [2.05, 4.69) is 54.0 Å². The van der Waals surface area contributed by atoms with Gasteiger partial charge in [-0.05, 0) is 114 Å². The molecule has 5 nitrogen and oxygen atoms in total. The van der Waals surface area contributed by atoms with Gasteiger partial charge in [-0.25, -0.2) is 0 Å². The van der Waals surface area contributed by atoms with E-state index in [1.165, 1.54) is 22.4 Å². The number of hydrogen-bond acceptors (Lipinski definition) is 4. The van der Waals surface area contributed by atoms with Crippen LogP contribution in [0.5, 0.6) is 0 Å². The van der Waals surface area contributed by atoms with Crippen molar-refractivity contribution in [1.82, 2.24) is 9.88 Å². The molecule has 2 fully saturated rings. The molecule has 1 atom stereocenters. The van der Waals surface area contributed by atoms with E-state index in [9.17, 15) is 4.79 Å². The van der Waals surface area contributed by atoms with Gasteiger partial charge in [0.15, 0.2) is 0 Å². The monoisotopic (exact) mass is 621 g/mol. The van der Waals surface area contributed by atoms with Gasteiger partial charge in [0, 0.05) is 45.6 Å². The molecule has 3 aliphatic rings. The van der Waals surface area contributed by atoms with Gasteiger partial charge in [-0.2, -0.15) is 0 Å². The number of amides is 1. The highest BCUT2D eigenvalue weighted by Gasteiger charge is 2.36. The zero-order valence-electron chi connectivity index (χ0n) is 19.7. The lowest BCUT2D eigenvalue weighted by Crippen LogP contribution is -2.41. The minimum atomic E-state index is 0.189. The van der Waals surface area contributed by atoms with Crippen LogP contribution in [0.15, 0.2) is 38.5 Å². The maximum absolute atomic E-state index is 13.1. The number of oxime groups is 1. The van der Waals surface area contributed by atoms with Gasteiger partial charge in [-0.3, -0.25) is 9.78 Å². The Morgan fingerprint density at radius 1 is 1.06 bits per heavy atom. The molecule has 0 spiro atoms. The fourth-order valence-corrected chi connectivity index (χ4v) is 7.70. The Hall–Kier alpha value is -1.44. The molecule has 5 rings (SSSR count). The quantitative estimate of drug-likeness (QED) is 0.292. The number of aromatic nitrogens is 1. The average molecular weight is 624 g/mol. The minimum Gasteiger partial charge on any atom is -0.411 e. The van der Waals surface area contributed by atoms with Crippen LogP contribution in [0.25, 0.3) is 0 Å². The number of carbonyl (C=O) groups is 1. The number of benzene rings is 1. The Morgan fingerprint density at radius 2 is 1.77 bits per heavy atom. The second kappa shape index (κ2) is 10.9. The molecular weight excluding hydrogens is 594 g/mol. The highest BCUT2D eigenvalue weighted by atomic mass is 79.9. The minimum absolute atomic E-state index is 0.189. The number of rotatable bonds is 3. The summed E-state index contributed by atoms with van der Waals surface area (Å²) in [4.78, 5) is 20.1. The third kappa shape index (κ3) is 5.47. The lowest BCUT2D eigenvalue weighted by Gasteiger charge is -2.37. The lowest BCUT2D eigenvalue weighted by molar-refractivity contribution is -0.133. The zero-order chi connectivity index (χ0) is 24.5. The van der Waals surface area contributed by atoms with Crippen LogP contribution in [0.1, 0.15) is 73.2 Å². The largest absolute Gasteiger partial charge is 0.411 e. The number of aryl methyl sites for hydroxylation is 2. The van der Waals surface area contributed by atoms with Crippen molar-refractivity contribution in [3.63, 3.8) is 0 Å². The Kier molecular flexibility index (Phi) is 7.85. The maximum atomic E-state index is 13.1. The van der Waals surface area contributed by atoms with Crippen LogP contribution in [0, 0.1) is 11.8 Å². The first-order valence-electron chi connectivity index (χ1n) is 12.5. The van der Waals surface area contributed by atoms with Gasteiger partial charge in [0.1, 0.15) is 0 Å². The van der Waals surface area contributed by atoms with Gasteiger partial charge in [0.25, 0.3) is 0 Å². The zero-order valence-corrected chi connectivity index (χ0v) is 23.6. The molecule has 1 amide bonds. The first kappa shape index (κ1) is 25.2. The van der Waals surface area contributed by atoms with E-state index < -0.39 is 0 Å². The standard InChI is InChI=1S/C27H30Br2ClN3O2/c28-20-12-19-4-3-18-13-21(30)14-23(29)25(18)26(27(19)31-15-20)17-7-9-33(10-8-17)24(34)11-16-1-5-22(32-35)6-2-16/h12-17,26,35H,1-11H2. The summed E-state index contributed by atoms with van der Waals surface area (Å²) in [6, 6.07) is 6.34. The van der Waals surface area contributed by atoms with E-state index in [1.54, 1.807) is 0 Å². The molecule has 1 saturated heterocycles. The fraction of sp³-hybridized carbons (Fsp3) is 0.519. The summed E-state index contributed by atoms with van der Waals surface area (Å²) >= 11 is 13.9. The second-order valence-corrected chi connectivity index (χ2v) is 12.4. The molecule has 2 heterocycles. The molecule has 1 aromatic carbocycles. The van der Waals surface area contributed by atoms with Crippen LogP contribution in [0.3, 0.4) is 0 Å². The van der Waals surface area contributed by atoms with Gasteiger partial charge in [-0.1, -0.05) is 32.7 Å². The Morgan fingerprint density at radius 3 is 2.49 bits per heavy atom. The van der Waals surface area contributed by atoms with E-state index in [4.69, 9.17) is 21.8 Å². The summed E-state index contributed by atoms with van der Waals surface area (Å²) in [5.74, 6) is 1.28. The molecule has 35 heavy (non-hydrogen) atoms. The average Bonchev–Trinajstić information content (AvgIpc) is 3.01. The third-order valence-electron chi connectivity index (χ3n) is 8.07. The number of hydrogen-bond donors (Lipinski definition) is 1. The number of fused-ring (bicyclic) bond motifs is 2. The summed E-state index contributed by atoms with van der Waals surface area (Å²) in [7, 11) is 0. The van der Waals surface area contributed by atoms with Crippen LogP contribution in [-0.2, 0) is 17.6 Å². The molecule has 8 heteroatoms. The number of piperidine rings is 1. The molecule has 1 unspecified atom stereocenters. The Balaban J connectivity index is 1.33. The molecule has 2 aromatic rings. The number of pyridine rings is 1. The number of carbonyl (C=O) groups excluding carboxylic acids is 1. The maximum Gasteiger partial charge on any atom is 0.222 e. The van der Waals surface area contributed by atoms with Crippen LogP contribution in [-0.4, -0.2) is 39.8 Å². The molecule has 0 radical (unpaired) electrons. The van der Waals surface area contributed by atoms with Crippen molar-refractivity contribution in [2.24, 2.45) is 17.0 Å². The van der Waals surface area contributed by atoms with Crippen molar-refractivity contribution >= 4 is 55.1 Å². The van der Waals surface area contributed by atoms with Gasteiger partial charge >= 0.3 is 0 Å². The van der Waals surface area contributed by atoms with Crippen molar-refractivity contribution in [1.29, 1.82) is 0 Å². The summed E-state index contributed by atoms with van der Waals surface area (Å²) < 4.78 is 2.07. The molecule has 1 saturated carbocycles. The van der Waals surface area contributed by atoms with Gasteiger partial charge < -0.3 is 10.1 Å². The molecule has 1 aromatic heterocycles. The Labute approximate surface area is 228 Å². The smallest absolute Gasteiger partial charge is 0.222 e. The van der Waals surface area contributed by atoms with E-state index in [-0.39, 0.29) is 11.8 Å². The van der Waals surface area contributed by atoms with Crippen molar-refractivity contribution in [2.75, 3.05) is 13.1 Å². The topological polar surface area (TPSA) is 65.8 Å². The number of likely N-dealkylation sites (tertiary alicyclic amines) is 1. The SMILES string of the molecule is O=C(CC1CCC(=NO)CC1)N1CCC(C2c3ncc(Br)cc3CCc3cc(Cl)cc(Br)c32)CC1. The molecule has 0 bridgehead atoms. The lowest BCUT2D eigenvalue weighted by atomic mass is 9.76. The van der Waals surface area contributed by atoms with Crippen molar-refractivity contribution in [3.8, 4) is 0 Å². The van der Waals surface area contributed by atoms with E-state index in [0.29, 0.717) is 18.3 Å². The molecule has 186 valence electrons. The number of nitrogens with zero attached hydrogens (tertiary/aromatic N) is 3. The predicted molar refractivity (Wildman–Crippen MR) is 145 cm³/mol.